The lowest BCUT2D eigenvalue weighted by molar-refractivity contribution is -0.134. The van der Waals surface area contributed by atoms with Gasteiger partial charge in [0.25, 0.3) is 0 Å². The second-order valence-corrected chi connectivity index (χ2v) is 6.45. The Kier molecular flexibility index (Phi) is 4.38. The molecule has 1 rings (SSSR count). The highest BCUT2D eigenvalue weighted by Gasteiger charge is 2.35. The number of hydrogen-bond donors (Lipinski definition) is 1. The first-order valence-corrected chi connectivity index (χ1v) is 6.85. The molecule has 1 aromatic carbocycles. The SMILES string of the molecule is Cc1c(N)cc(S(=O)(=O)N(C)CC(F)(F)F)cc1Cl. The van der Waals surface area contributed by atoms with Gasteiger partial charge >= 0.3 is 6.18 Å². The summed E-state index contributed by atoms with van der Waals surface area (Å²) in [7, 11) is -3.44. The van der Waals surface area contributed by atoms with Crippen molar-refractivity contribution in [2.75, 3.05) is 19.3 Å². The van der Waals surface area contributed by atoms with Crippen LogP contribution in [0.3, 0.4) is 0 Å². The summed E-state index contributed by atoms with van der Waals surface area (Å²) in [5, 5.41) is 0.0824. The topological polar surface area (TPSA) is 63.4 Å². The van der Waals surface area contributed by atoms with E-state index in [4.69, 9.17) is 17.3 Å². The van der Waals surface area contributed by atoms with Crippen molar-refractivity contribution >= 4 is 27.3 Å². The number of nitrogens with two attached hydrogens (primary N) is 1. The maximum absolute atomic E-state index is 12.2. The third kappa shape index (κ3) is 3.74. The van der Waals surface area contributed by atoms with Crippen LogP contribution in [0.2, 0.25) is 5.02 Å². The van der Waals surface area contributed by atoms with Gasteiger partial charge in [0, 0.05) is 17.8 Å². The summed E-state index contributed by atoms with van der Waals surface area (Å²) >= 11 is 5.78. The van der Waals surface area contributed by atoms with E-state index in [9.17, 15) is 21.6 Å². The summed E-state index contributed by atoms with van der Waals surface area (Å²) < 4.78 is 60.7. The van der Waals surface area contributed by atoms with E-state index in [1.54, 1.807) is 6.92 Å². The zero-order valence-electron chi connectivity index (χ0n) is 10.1. The van der Waals surface area contributed by atoms with E-state index in [0.29, 0.717) is 5.56 Å². The molecule has 0 unspecified atom stereocenters. The molecule has 0 bridgehead atoms. The Balaban J connectivity index is 3.21. The first-order valence-electron chi connectivity index (χ1n) is 5.04. The normalized spacial score (nSPS) is 13.0. The number of halogens is 4. The van der Waals surface area contributed by atoms with E-state index in [1.807, 2.05) is 0 Å². The Bertz CT molecular complexity index is 564. The van der Waals surface area contributed by atoms with Crippen LogP contribution in [0.15, 0.2) is 17.0 Å². The molecule has 0 saturated carbocycles. The molecule has 19 heavy (non-hydrogen) atoms. The van der Waals surface area contributed by atoms with Gasteiger partial charge in [-0.2, -0.15) is 17.5 Å². The smallest absolute Gasteiger partial charge is 0.398 e. The first-order chi connectivity index (χ1) is 8.45. The van der Waals surface area contributed by atoms with Crippen LogP contribution < -0.4 is 5.73 Å². The lowest BCUT2D eigenvalue weighted by Gasteiger charge is -2.19. The van der Waals surface area contributed by atoms with Gasteiger partial charge in [-0.1, -0.05) is 11.6 Å². The molecule has 0 fully saturated rings. The molecular weight excluding hydrogens is 305 g/mol. The fraction of sp³-hybridized carbons (Fsp3) is 0.400. The Labute approximate surface area is 114 Å². The zero-order valence-corrected chi connectivity index (χ0v) is 11.7. The summed E-state index contributed by atoms with van der Waals surface area (Å²) in [5.74, 6) is 0. The number of nitrogens with zero attached hydrogens (tertiary/aromatic N) is 1. The number of anilines is 1. The molecule has 0 spiro atoms. The van der Waals surface area contributed by atoms with Crippen molar-refractivity contribution in [3.63, 3.8) is 0 Å². The molecule has 0 aliphatic heterocycles. The van der Waals surface area contributed by atoms with Gasteiger partial charge in [-0.3, -0.25) is 0 Å². The molecule has 4 nitrogen and oxygen atoms in total. The van der Waals surface area contributed by atoms with Gasteiger partial charge in [-0.15, -0.1) is 0 Å². The minimum atomic E-state index is -4.62. The Hall–Kier alpha value is -0.990. The third-order valence-corrected chi connectivity index (χ3v) is 4.64. The van der Waals surface area contributed by atoms with Crippen LogP contribution in [0.1, 0.15) is 5.56 Å². The predicted octanol–water partition coefficient (Wildman–Crippen LogP) is 2.41. The molecule has 0 heterocycles. The van der Waals surface area contributed by atoms with Crippen molar-refractivity contribution in [1.29, 1.82) is 0 Å². The quantitative estimate of drug-likeness (QED) is 0.871. The molecular formula is C10H12ClF3N2O2S. The van der Waals surface area contributed by atoms with Crippen LogP contribution >= 0.6 is 11.6 Å². The van der Waals surface area contributed by atoms with Crippen LogP contribution in [0.25, 0.3) is 0 Å². The number of nitrogen functional groups attached to an aromatic ring is 1. The Morgan fingerprint density at radius 2 is 1.89 bits per heavy atom. The highest BCUT2D eigenvalue weighted by molar-refractivity contribution is 7.89. The Morgan fingerprint density at radius 1 is 1.37 bits per heavy atom. The Morgan fingerprint density at radius 3 is 2.32 bits per heavy atom. The minimum absolute atomic E-state index is 0.0824. The summed E-state index contributed by atoms with van der Waals surface area (Å²) in [6, 6.07) is 2.17. The van der Waals surface area contributed by atoms with Crippen molar-refractivity contribution in [2.24, 2.45) is 0 Å². The van der Waals surface area contributed by atoms with E-state index in [-0.39, 0.29) is 19.9 Å². The number of sulfonamides is 1. The molecule has 0 amide bonds. The molecule has 2 N–H and O–H groups in total. The van der Waals surface area contributed by atoms with Gasteiger partial charge in [0.15, 0.2) is 0 Å². The van der Waals surface area contributed by atoms with Gasteiger partial charge < -0.3 is 5.73 Å². The summed E-state index contributed by atoms with van der Waals surface area (Å²) in [5.41, 5.74) is 6.13. The van der Waals surface area contributed by atoms with Crippen LogP contribution in [0, 0.1) is 6.92 Å². The largest absolute Gasteiger partial charge is 0.402 e. The molecule has 108 valence electrons. The predicted molar refractivity (Wildman–Crippen MR) is 66.5 cm³/mol. The van der Waals surface area contributed by atoms with Crippen LogP contribution in [0.5, 0.6) is 0 Å². The lowest BCUT2D eigenvalue weighted by Crippen LogP contribution is -2.35. The number of rotatable bonds is 3. The molecule has 0 aromatic heterocycles. The fourth-order valence-corrected chi connectivity index (χ4v) is 2.85. The molecule has 0 radical (unpaired) electrons. The van der Waals surface area contributed by atoms with Gasteiger partial charge in [0.1, 0.15) is 6.54 Å². The van der Waals surface area contributed by atoms with Gasteiger partial charge in [-0.05, 0) is 24.6 Å². The maximum atomic E-state index is 12.2. The molecule has 0 atom stereocenters. The average Bonchev–Trinajstić information content (AvgIpc) is 2.22. The number of hydrogen-bond acceptors (Lipinski definition) is 3. The summed E-state index contributed by atoms with van der Waals surface area (Å²) in [6.07, 6.45) is -4.62. The standard InChI is InChI=1S/C10H12ClF3N2O2S/c1-6-8(11)3-7(4-9(6)15)19(17,18)16(2)5-10(12,13)14/h3-4H,5,15H2,1-2H3. The summed E-state index contributed by atoms with van der Waals surface area (Å²) in [4.78, 5) is -0.368. The molecule has 0 aliphatic rings. The van der Waals surface area contributed by atoms with Crippen LogP contribution in [0.4, 0.5) is 18.9 Å². The maximum Gasteiger partial charge on any atom is 0.402 e. The monoisotopic (exact) mass is 316 g/mol. The minimum Gasteiger partial charge on any atom is -0.398 e. The van der Waals surface area contributed by atoms with Crippen molar-refractivity contribution in [2.45, 2.75) is 18.0 Å². The first kappa shape index (κ1) is 16.1. The van der Waals surface area contributed by atoms with Crippen molar-refractivity contribution in [1.82, 2.24) is 4.31 Å². The third-order valence-electron chi connectivity index (χ3n) is 2.47. The average molecular weight is 317 g/mol. The van der Waals surface area contributed by atoms with Crippen molar-refractivity contribution < 1.29 is 21.6 Å². The van der Waals surface area contributed by atoms with Gasteiger partial charge in [-0.25, -0.2) is 8.42 Å². The number of alkyl halides is 3. The van der Waals surface area contributed by atoms with E-state index in [1.165, 1.54) is 0 Å². The highest BCUT2D eigenvalue weighted by atomic mass is 35.5. The van der Waals surface area contributed by atoms with Gasteiger partial charge in [0.05, 0.1) is 4.90 Å². The molecule has 0 aliphatic carbocycles. The molecule has 9 heteroatoms. The van der Waals surface area contributed by atoms with Crippen molar-refractivity contribution in [3.8, 4) is 0 Å². The highest BCUT2D eigenvalue weighted by Crippen LogP contribution is 2.28. The molecule has 1 aromatic rings. The summed E-state index contributed by atoms with van der Waals surface area (Å²) in [6.45, 7) is -0.00573. The molecule has 0 saturated heterocycles. The fourth-order valence-electron chi connectivity index (χ4n) is 1.34. The second-order valence-electron chi connectivity index (χ2n) is 4.00. The van der Waals surface area contributed by atoms with Gasteiger partial charge in [0.2, 0.25) is 10.0 Å². The van der Waals surface area contributed by atoms with Crippen LogP contribution in [-0.2, 0) is 10.0 Å². The van der Waals surface area contributed by atoms with E-state index in [2.05, 4.69) is 0 Å². The lowest BCUT2D eigenvalue weighted by atomic mass is 10.2. The van der Waals surface area contributed by atoms with Crippen molar-refractivity contribution in [3.05, 3.63) is 22.7 Å². The zero-order chi connectivity index (χ0) is 15.0. The number of benzene rings is 1. The van der Waals surface area contributed by atoms with E-state index in [0.717, 1.165) is 19.2 Å². The van der Waals surface area contributed by atoms with E-state index < -0.39 is 22.7 Å². The van der Waals surface area contributed by atoms with E-state index >= 15 is 0 Å². The second kappa shape index (κ2) is 5.18. The van der Waals surface area contributed by atoms with Crippen LogP contribution in [-0.4, -0.2) is 32.5 Å².